The molecular weight excluding hydrogens is 298 g/mol. The van der Waals surface area contributed by atoms with Crippen LogP contribution < -0.4 is 0 Å². The van der Waals surface area contributed by atoms with E-state index in [4.69, 9.17) is 11.6 Å². The summed E-state index contributed by atoms with van der Waals surface area (Å²) in [5, 5.41) is 0.460. The van der Waals surface area contributed by atoms with Crippen LogP contribution in [-0.2, 0) is 0 Å². The van der Waals surface area contributed by atoms with Gasteiger partial charge in [-0.3, -0.25) is 9.59 Å². The molecule has 2 aromatic carbocycles. The van der Waals surface area contributed by atoms with Gasteiger partial charge in [-0.1, -0.05) is 54.1 Å². The largest absolute Gasteiger partial charge is 0.383 e. The molecule has 0 aromatic heterocycles. The number of hydrogen-bond donors (Lipinski definition) is 0. The maximum Gasteiger partial charge on any atom is 0.198 e. The van der Waals surface area contributed by atoms with Crippen LogP contribution in [0.15, 0.2) is 66.4 Å². The van der Waals surface area contributed by atoms with Gasteiger partial charge in [0.1, 0.15) is 0 Å². The van der Waals surface area contributed by atoms with Crippen LogP contribution in [-0.4, -0.2) is 30.6 Å². The van der Waals surface area contributed by atoms with E-state index < -0.39 is 0 Å². The monoisotopic (exact) mass is 313 g/mol. The van der Waals surface area contributed by atoms with Crippen molar-refractivity contribution < 1.29 is 9.59 Å². The molecule has 0 heterocycles. The average molecular weight is 314 g/mol. The maximum absolute atomic E-state index is 12.7. The third kappa shape index (κ3) is 3.83. The minimum atomic E-state index is -0.343. The Kier molecular flexibility index (Phi) is 5.12. The van der Waals surface area contributed by atoms with Crippen LogP contribution in [0, 0.1) is 0 Å². The molecule has 0 saturated carbocycles. The first-order chi connectivity index (χ1) is 10.5. The summed E-state index contributed by atoms with van der Waals surface area (Å²) < 4.78 is 0. The van der Waals surface area contributed by atoms with Gasteiger partial charge in [0.2, 0.25) is 0 Å². The molecule has 0 bridgehead atoms. The number of benzene rings is 2. The number of nitrogens with zero attached hydrogens (tertiary/aromatic N) is 1. The summed E-state index contributed by atoms with van der Waals surface area (Å²) in [6.45, 7) is 0. The van der Waals surface area contributed by atoms with Crippen molar-refractivity contribution in [2.75, 3.05) is 14.1 Å². The summed E-state index contributed by atoms with van der Waals surface area (Å²) in [6, 6.07) is 15.3. The molecule has 0 atom stereocenters. The Morgan fingerprint density at radius 1 is 0.909 bits per heavy atom. The molecule has 22 heavy (non-hydrogen) atoms. The predicted octanol–water partition coefficient (Wildman–Crippen LogP) is 3.85. The van der Waals surface area contributed by atoms with Crippen molar-refractivity contribution in [3.8, 4) is 0 Å². The maximum atomic E-state index is 12.7. The molecule has 4 heteroatoms. The Morgan fingerprint density at radius 2 is 1.50 bits per heavy atom. The summed E-state index contributed by atoms with van der Waals surface area (Å²) in [5.74, 6) is -0.649. The van der Waals surface area contributed by atoms with Crippen molar-refractivity contribution in [2.45, 2.75) is 0 Å². The van der Waals surface area contributed by atoms with E-state index in [1.807, 2.05) is 6.07 Å². The zero-order chi connectivity index (χ0) is 16.1. The molecule has 0 radical (unpaired) electrons. The lowest BCUT2D eigenvalue weighted by Crippen LogP contribution is -2.17. The van der Waals surface area contributed by atoms with E-state index in [9.17, 15) is 9.59 Å². The highest BCUT2D eigenvalue weighted by atomic mass is 35.5. The minimum absolute atomic E-state index is 0.110. The van der Waals surface area contributed by atoms with Gasteiger partial charge in [0.15, 0.2) is 11.6 Å². The van der Waals surface area contributed by atoms with Crippen molar-refractivity contribution >= 4 is 23.2 Å². The molecular formula is C18H16ClNO2. The molecule has 0 fully saturated rings. The molecule has 0 spiro atoms. The highest BCUT2D eigenvalue weighted by molar-refractivity contribution is 6.33. The fraction of sp³-hybridized carbons (Fsp3) is 0.111. The molecule has 0 N–H and O–H groups in total. The van der Waals surface area contributed by atoms with Crippen molar-refractivity contribution in [3.63, 3.8) is 0 Å². The summed E-state index contributed by atoms with van der Waals surface area (Å²) in [6.07, 6.45) is 1.54. The van der Waals surface area contributed by atoms with Crippen molar-refractivity contribution in [1.82, 2.24) is 4.90 Å². The van der Waals surface area contributed by atoms with Crippen molar-refractivity contribution in [3.05, 3.63) is 82.5 Å². The van der Waals surface area contributed by atoms with E-state index in [-0.39, 0.29) is 17.1 Å². The van der Waals surface area contributed by atoms with Crippen molar-refractivity contribution in [1.29, 1.82) is 0 Å². The third-order valence-corrected chi connectivity index (χ3v) is 3.23. The Bertz CT molecular complexity index is 721. The van der Waals surface area contributed by atoms with Gasteiger partial charge in [0.05, 0.1) is 5.57 Å². The van der Waals surface area contributed by atoms with E-state index >= 15 is 0 Å². The molecule has 2 rings (SSSR count). The normalized spacial score (nSPS) is 11.1. The molecule has 3 nitrogen and oxygen atoms in total. The SMILES string of the molecule is CN(C)C=C(C(=O)c1ccccc1)C(=O)c1cccc(Cl)c1. The third-order valence-electron chi connectivity index (χ3n) is 3.00. The van der Waals surface area contributed by atoms with E-state index in [2.05, 4.69) is 0 Å². The van der Waals surface area contributed by atoms with Crippen LogP contribution in [0.3, 0.4) is 0 Å². The number of hydrogen-bond acceptors (Lipinski definition) is 3. The Hall–Kier alpha value is -2.39. The second-order valence-corrected chi connectivity index (χ2v) is 5.48. The number of ketones is 2. The van der Waals surface area contributed by atoms with E-state index in [1.54, 1.807) is 73.7 Å². The average Bonchev–Trinajstić information content (AvgIpc) is 2.52. The molecule has 0 unspecified atom stereocenters. The van der Waals surface area contributed by atoms with Crippen LogP contribution in [0.1, 0.15) is 20.7 Å². The summed E-state index contributed by atoms with van der Waals surface area (Å²) in [7, 11) is 3.53. The van der Waals surface area contributed by atoms with Gasteiger partial charge in [0, 0.05) is 36.4 Å². The van der Waals surface area contributed by atoms with E-state index in [0.29, 0.717) is 16.1 Å². The molecule has 0 saturated heterocycles. The number of Topliss-reactive ketones (excluding diaryl/α,β-unsaturated/α-hetero) is 2. The highest BCUT2D eigenvalue weighted by Crippen LogP contribution is 2.18. The lowest BCUT2D eigenvalue weighted by Gasteiger charge is -2.11. The molecule has 0 aliphatic rings. The second-order valence-electron chi connectivity index (χ2n) is 5.04. The molecule has 0 amide bonds. The topological polar surface area (TPSA) is 37.4 Å². The van der Waals surface area contributed by atoms with Crippen molar-refractivity contribution in [2.24, 2.45) is 0 Å². The summed E-state index contributed by atoms with van der Waals surface area (Å²) in [5.41, 5.74) is 0.981. The lowest BCUT2D eigenvalue weighted by molar-refractivity contribution is 0.0960. The molecule has 112 valence electrons. The zero-order valence-electron chi connectivity index (χ0n) is 12.4. The van der Waals surface area contributed by atoms with Crippen LogP contribution in [0.5, 0.6) is 0 Å². The summed E-state index contributed by atoms with van der Waals surface area (Å²) >= 11 is 5.93. The number of carbonyl (C=O) groups is 2. The van der Waals surface area contributed by atoms with Crippen LogP contribution in [0.4, 0.5) is 0 Å². The first kappa shape index (κ1) is 16.0. The van der Waals surface area contributed by atoms with Gasteiger partial charge < -0.3 is 4.90 Å². The molecule has 2 aromatic rings. The van der Waals surface area contributed by atoms with Gasteiger partial charge in [-0.15, -0.1) is 0 Å². The Labute approximate surface area is 134 Å². The first-order valence-electron chi connectivity index (χ1n) is 6.77. The fourth-order valence-electron chi connectivity index (χ4n) is 2.01. The van der Waals surface area contributed by atoms with Crippen LogP contribution in [0.2, 0.25) is 5.02 Å². The fourth-order valence-corrected chi connectivity index (χ4v) is 2.20. The second kappa shape index (κ2) is 7.05. The smallest absolute Gasteiger partial charge is 0.198 e. The van der Waals surface area contributed by atoms with Crippen LogP contribution in [0.25, 0.3) is 0 Å². The number of halogens is 1. The van der Waals surface area contributed by atoms with Crippen LogP contribution >= 0.6 is 11.6 Å². The highest BCUT2D eigenvalue weighted by Gasteiger charge is 2.21. The van der Waals surface area contributed by atoms with E-state index in [1.165, 1.54) is 0 Å². The Morgan fingerprint density at radius 3 is 2.09 bits per heavy atom. The van der Waals surface area contributed by atoms with Gasteiger partial charge in [-0.05, 0) is 12.1 Å². The number of allylic oxidation sites excluding steroid dienone is 1. The van der Waals surface area contributed by atoms with Gasteiger partial charge in [0.25, 0.3) is 0 Å². The quantitative estimate of drug-likeness (QED) is 0.364. The first-order valence-corrected chi connectivity index (χ1v) is 7.15. The molecule has 0 aliphatic heterocycles. The Balaban J connectivity index is 2.43. The lowest BCUT2D eigenvalue weighted by atomic mass is 9.96. The number of carbonyl (C=O) groups excluding carboxylic acids is 2. The van der Waals surface area contributed by atoms with Gasteiger partial charge in [-0.2, -0.15) is 0 Å². The number of rotatable bonds is 5. The standard InChI is InChI=1S/C18H16ClNO2/c1-20(2)12-16(17(21)13-7-4-3-5-8-13)18(22)14-9-6-10-15(19)11-14/h3-12H,1-2H3. The van der Waals surface area contributed by atoms with Gasteiger partial charge in [-0.25, -0.2) is 0 Å². The van der Waals surface area contributed by atoms with Gasteiger partial charge >= 0.3 is 0 Å². The minimum Gasteiger partial charge on any atom is -0.383 e. The zero-order valence-corrected chi connectivity index (χ0v) is 13.2. The van der Waals surface area contributed by atoms with E-state index in [0.717, 1.165) is 0 Å². The predicted molar refractivity (Wildman–Crippen MR) is 88.3 cm³/mol. The molecule has 0 aliphatic carbocycles. The summed E-state index contributed by atoms with van der Waals surface area (Å²) in [4.78, 5) is 27.0.